The van der Waals surface area contributed by atoms with Crippen LogP contribution in [0, 0.1) is 0 Å². The molecule has 1 N–H and O–H groups in total. The lowest BCUT2D eigenvalue weighted by Crippen LogP contribution is -2.31. The SMILES string of the molecule is COc1ccc(C2C(C(=O)CCc3ccccc3)=C(O)C(=O)N2c2ccccc2)cc1OC. The van der Waals surface area contributed by atoms with E-state index in [0.717, 1.165) is 5.56 Å². The molecule has 1 amide bonds. The fraction of sp³-hybridized carbons (Fsp3) is 0.185. The number of amides is 1. The molecule has 0 saturated heterocycles. The molecule has 3 aromatic rings. The van der Waals surface area contributed by atoms with Gasteiger partial charge in [-0.05, 0) is 41.8 Å². The van der Waals surface area contributed by atoms with Crippen LogP contribution in [-0.2, 0) is 16.0 Å². The quantitative estimate of drug-likeness (QED) is 0.541. The first-order valence-electron chi connectivity index (χ1n) is 10.7. The Morgan fingerprint density at radius 3 is 2.18 bits per heavy atom. The van der Waals surface area contributed by atoms with Crippen LogP contribution in [0.3, 0.4) is 0 Å². The molecule has 0 fully saturated rings. The zero-order chi connectivity index (χ0) is 23.4. The Morgan fingerprint density at radius 2 is 1.55 bits per heavy atom. The Hall–Kier alpha value is -4.06. The van der Waals surface area contributed by atoms with Crippen LogP contribution < -0.4 is 14.4 Å². The number of carbonyl (C=O) groups is 2. The number of carbonyl (C=O) groups excluding carboxylic acids is 2. The largest absolute Gasteiger partial charge is 0.503 e. The molecule has 3 aromatic carbocycles. The Morgan fingerprint density at radius 1 is 0.909 bits per heavy atom. The van der Waals surface area contributed by atoms with Crippen LogP contribution in [-0.4, -0.2) is 31.0 Å². The van der Waals surface area contributed by atoms with E-state index in [1.165, 1.54) is 19.1 Å². The smallest absolute Gasteiger partial charge is 0.294 e. The van der Waals surface area contributed by atoms with Crippen molar-refractivity contribution >= 4 is 17.4 Å². The van der Waals surface area contributed by atoms with Crippen molar-refractivity contribution in [2.45, 2.75) is 18.9 Å². The van der Waals surface area contributed by atoms with Gasteiger partial charge < -0.3 is 14.6 Å². The number of Topliss-reactive ketones (excluding diaryl/α,β-unsaturated/α-hetero) is 1. The molecule has 168 valence electrons. The van der Waals surface area contributed by atoms with Gasteiger partial charge in [0.05, 0.1) is 25.8 Å². The highest BCUT2D eigenvalue weighted by atomic mass is 16.5. The summed E-state index contributed by atoms with van der Waals surface area (Å²) in [6.45, 7) is 0. The number of aliphatic hydroxyl groups is 1. The third-order valence-corrected chi connectivity index (χ3v) is 5.75. The van der Waals surface area contributed by atoms with Crippen molar-refractivity contribution in [1.29, 1.82) is 0 Å². The molecule has 0 spiro atoms. The van der Waals surface area contributed by atoms with Gasteiger partial charge >= 0.3 is 0 Å². The molecule has 6 heteroatoms. The number of methoxy groups -OCH3 is 2. The van der Waals surface area contributed by atoms with Crippen LogP contribution in [0.15, 0.2) is 90.2 Å². The van der Waals surface area contributed by atoms with Crippen molar-refractivity contribution in [1.82, 2.24) is 0 Å². The highest BCUT2D eigenvalue weighted by Crippen LogP contribution is 2.43. The summed E-state index contributed by atoms with van der Waals surface area (Å²) in [4.78, 5) is 28.0. The molecule has 1 unspecified atom stereocenters. The fourth-order valence-corrected chi connectivity index (χ4v) is 4.12. The lowest BCUT2D eigenvalue weighted by molar-refractivity contribution is -0.118. The first-order valence-corrected chi connectivity index (χ1v) is 10.7. The number of benzene rings is 3. The molecule has 0 saturated carbocycles. The van der Waals surface area contributed by atoms with Crippen molar-refractivity contribution < 1.29 is 24.2 Å². The second-order valence-corrected chi connectivity index (χ2v) is 7.70. The molecule has 6 nitrogen and oxygen atoms in total. The zero-order valence-corrected chi connectivity index (χ0v) is 18.5. The van der Waals surface area contributed by atoms with Crippen molar-refractivity contribution in [3.63, 3.8) is 0 Å². The summed E-state index contributed by atoms with van der Waals surface area (Å²) < 4.78 is 10.8. The van der Waals surface area contributed by atoms with Gasteiger partial charge in [0.1, 0.15) is 0 Å². The molecule has 0 bridgehead atoms. The van der Waals surface area contributed by atoms with Crippen LogP contribution >= 0.6 is 0 Å². The van der Waals surface area contributed by atoms with Gasteiger partial charge in [-0.3, -0.25) is 14.5 Å². The predicted octanol–water partition coefficient (Wildman–Crippen LogP) is 4.81. The van der Waals surface area contributed by atoms with Gasteiger partial charge in [-0.15, -0.1) is 0 Å². The van der Waals surface area contributed by atoms with E-state index < -0.39 is 17.7 Å². The van der Waals surface area contributed by atoms with E-state index >= 15 is 0 Å². The summed E-state index contributed by atoms with van der Waals surface area (Å²) >= 11 is 0. The Balaban J connectivity index is 1.76. The number of aliphatic hydroxyl groups excluding tert-OH is 1. The van der Waals surface area contributed by atoms with E-state index in [4.69, 9.17) is 9.47 Å². The van der Waals surface area contributed by atoms with Gasteiger partial charge in [0.2, 0.25) is 0 Å². The van der Waals surface area contributed by atoms with Gasteiger partial charge in [-0.2, -0.15) is 0 Å². The number of hydrogen-bond acceptors (Lipinski definition) is 5. The topological polar surface area (TPSA) is 76.1 Å². The lowest BCUT2D eigenvalue weighted by Gasteiger charge is -2.27. The van der Waals surface area contributed by atoms with Crippen LogP contribution in [0.2, 0.25) is 0 Å². The van der Waals surface area contributed by atoms with E-state index in [0.29, 0.717) is 29.2 Å². The number of rotatable bonds is 8. The molecule has 1 aliphatic heterocycles. The minimum Gasteiger partial charge on any atom is -0.503 e. The summed E-state index contributed by atoms with van der Waals surface area (Å²) in [5, 5.41) is 10.8. The maximum Gasteiger partial charge on any atom is 0.294 e. The standard InChI is InChI=1S/C27H25NO5/c1-32-22-16-14-19(17-23(22)33-2)25-24(21(29)15-13-18-9-5-3-6-10-18)26(30)27(31)28(25)20-11-7-4-8-12-20/h3-12,14,16-17,25,30H,13,15H2,1-2H3. The van der Waals surface area contributed by atoms with E-state index in [1.807, 2.05) is 36.4 Å². The van der Waals surface area contributed by atoms with Gasteiger partial charge in [0, 0.05) is 12.1 Å². The van der Waals surface area contributed by atoms with Crippen molar-refractivity contribution in [3.8, 4) is 11.5 Å². The minimum atomic E-state index is -0.789. The average molecular weight is 443 g/mol. The third kappa shape index (κ3) is 4.32. The Kier molecular flexibility index (Phi) is 6.45. The monoisotopic (exact) mass is 443 g/mol. The van der Waals surface area contributed by atoms with E-state index in [1.54, 1.807) is 42.5 Å². The van der Waals surface area contributed by atoms with Crippen molar-refractivity contribution in [2.75, 3.05) is 19.1 Å². The first kappa shape index (κ1) is 22.1. The number of ether oxygens (including phenoxy) is 2. The van der Waals surface area contributed by atoms with Crippen LogP contribution in [0.25, 0.3) is 0 Å². The maximum atomic E-state index is 13.4. The molecule has 1 heterocycles. The molecule has 0 aliphatic carbocycles. The predicted molar refractivity (Wildman–Crippen MR) is 126 cm³/mol. The number of para-hydroxylation sites is 1. The molecule has 4 rings (SSSR count). The first-order chi connectivity index (χ1) is 16.0. The molecular weight excluding hydrogens is 418 g/mol. The number of anilines is 1. The third-order valence-electron chi connectivity index (χ3n) is 5.75. The van der Waals surface area contributed by atoms with Gasteiger partial charge in [0.15, 0.2) is 23.0 Å². The summed E-state index contributed by atoms with van der Waals surface area (Å²) in [5.74, 6) is -0.399. The molecule has 1 atom stereocenters. The molecule has 0 radical (unpaired) electrons. The van der Waals surface area contributed by atoms with Crippen molar-refractivity contribution in [3.05, 3.63) is 101 Å². The van der Waals surface area contributed by atoms with Gasteiger partial charge in [-0.25, -0.2) is 0 Å². The summed E-state index contributed by atoms with van der Waals surface area (Å²) in [5.41, 5.74) is 2.32. The number of ketones is 1. The second kappa shape index (κ2) is 9.61. The zero-order valence-electron chi connectivity index (χ0n) is 18.5. The molecular formula is C27H25NO5. The number of hydrogen-bond donors (Lipinski definition) is 1. The molecule has 1 aliphatic rings. The minimum absolute atomic E-state index is 0.0898. The normalized spacial score (nSPS) is 15.6. The van der Waals surface area contributed by atoms with Crippen LogP contribution in [0.5, 0.6) is 11.5 Å². The summed E-state index contributed by atoms with van der Waals surface area (Å²) in [7, 11) is 3.06. The highest BCUT2D eigenvalue weighted by Gasteiger charge is 2.44. The fourth-order valence-electron chi connectivity index (χ4n) is 4.12. The number of aryl methyl sites for hydroxylation is 1. The van der Waals surface area contributed by atoms with Crippen molar-refractivity contribution in [2.24, 2.45) is 0 Å². The highest BCUT2D eigenvalue weighted by molar-refractivity contribution is 6.16. The summed E-state index contributed by atoms with van der Waals surface area (Å²) in [6.07, 6.45) is 0.678. The van der Waals surface area contributed by atoms with E-state index in [9.17, 15) is 14.7 Å². The van der Waals surface area contributed by atoms with Crippen LogP contribution in [0.4, 0.5) is 5.69 Å². The van der Waals surface area contributed by atoms with E-state index in [2.05, 4.69) is 0 Å². The number of nitrogens with zero attached hydrogens (tertiary/aromatic N) is 1. The Bertz CT molecular complexity index is 1190. The lowest BCUT2D eigenvalue weighted by atomic mass is 9.92. The molecule has 33 heavy (non-hydrogen) atoms. The summed E-state index contributed by atoms with van der Waals surface area (Å²) in [6, 6.07) is 23.1. The molecule has 0 aromatic heterocycles. The maximum absolute atomic E-state index is 13.4. The second-order valence-electron chi connectivity index (χ2n) is 7.70. The van der Waals surface area contributed by atoms with Crippen LogP contribution in [0.1, 0.15) is 23.6 Å². The van der Waals surface area contributed by atoms with Gasteiger partial charge in [0.25, 0.3) is 5.91 Å². The average Bonchev–Trinajstić information content (AvgIpc) is 3.13. The van der Waals surface area contributed by atoms with E-state index in [-0.39, 0.29) is 17.8 Å². The van der Waals surface area contributed by atoms with Gasteiger partial charge in [-0.1, -0.05) is 54.6 Å². The Labute approximate surface area is 192 Å².